The Kier molecular flexibility index (Phi) is 12.5. The SMILES string of the molecule is CC(C)(C)c1c(-c2cccc(C(F)(F)F)c2)c(-n2c3ccccc3c3ccc4c(c5ccccc5n4-c4ccccc4)c32)c(-c2cccc(C(F)(F)F)c2)c(C(C)(C)C)c1C1CCc2ccccc2-c2ccc3c(c21)c1ccccc1n3-c1ccccc1. The van der Waals surface area contributed by atoms with Crippen molar-refractivity contribution < 1.29 is 26.3 Å². The summed E-state index contributed by atoms with van der Waals surface area (Å²) >= 11 is 0. The monoisotopic (exact) mass is 1170 g/mol. The summed E-state index contributed by atoms with van der Waals surface area (Å²) in [6, 6.07) is 73.8. The third-order valence-electron chi connectivity index (χ3n) is 18.3. The van der Waals surface area contributed by atoms with Crippen molar-refractivity contribution in [2.75, 3.05) is 0 Å². The largest absolute Gasteiger partial charge is 0.416 e. The van der Waals surface area contributed by atoms with Crippen molar-refractivity contribution in [3.05, 3.63) is 269 Å². The van der Waals surface area contributed by atoms with E-state index < -0.39 is 40.2 Å². The smallest absolute Gasteiger partial charge is 0.309 e. The first-order valence-corrected chi connectivity index (χ1v) is 30.1. The number of aryl methyl sites for hydroxylation is 1. The lowest BCUT2D eigenvalue weighted by Crippen LogP contribution is -2.27. The molecule has 9 heteroatoms. The number of rotatable bonds is 6. The van der Waals surface area contributed by atoms with Crippen molar-refractivity contribution in [3.8, 4) is 50.4 Å². The van der Waals surface area contributed by atoms with Gasteiger partial charge in [0.1, 0.15) is 0 Å². The Morgan fingerprint density at radius 1 is 0.364 bits per heavy atom. The standard InChI is InChI=1S/C79H61F6N3/c1-76(2,3)72-66(48-24-21-26-50(45-48)78(80,81)82)75(88-61-36-18-15-33-55(61)57-42-44-65-70(74(57)88)59-35-17-20-38-63(59)87(65)53-30-11-8-12-31-53)67(49-25-22-27-51(46-49)79(83,84)85)73(77(4,5)6)71(72)60-40-39-47-23-13-14-32-54(47)56-41-43-64-69(68(56)60)58-34-16-19-37-62(58)86(64)52-28-9-7-10-29-52/h7-38,41-46,60H,39-40H2,1-6H3. The number of fused-ring (bicyclic) bond motifs is 14. The van der Waals surface area contributed by atoms with Crippen LogP contribution in [0.15, 0.2) is 231 Å². The minimum absolute atomic E-state index is 0.297. The maximum Gasteiger partial charge on any atom is 0.416 e. The highest BCUT2D eigenvalue weighted by Crippen LogP contribution is 2.59. The van der Waals surface area contributed by atoms with Gasteiger partial charge in [-0.1, -0.05) is 193 Å². The maximum absolute atomic E-state index is 15.8. The lowest BCUT2D eigenvalue weighted by molar-refractivity contribution is -0.138. The number of hydrogen-bond donors (Lipinski definition) is 0. The molecule has 88 heavy (non-hydrogen) atoms. The quantitative estimate of drug-likeness (QED) is 0.147. The molecule has 15 rings (SSSR count). The van der Waals surface area contributed by atoms with Crippen LogP contribution in [0.5, 0.6) is 0 Å². The molecule has 11 aromatic carbocycles. The summed E-state index contributed by atoms with van der Waals surface area (Å²) in [5, 5.41) is 5.68. The molecule has 14 aromatic rings. The Balaban J connectivity index is 1.23. The Morgan fingerprint density at radius 3 is 1.35 bits per heavy atom. The predicted octanol–water partition coefficient (Wildman–Crippen LogP) is 22.7. The summed E-state index contributed by atoms with van der Waals surface area (Å²) in [4.78, 5) is 0. The fraction of sp³-hybridized carbons (Fsp3) is 0.165. The van der Waals surface area contributed by atoms with E-state index in [0.29, 0.717) is 40.8 Å². The van der Waals surface area contributed by atoms with Gasteiger partial charge in [0.25, 0.3) is 0 Å². The minimum Gasteiger partial charge on any atom is -0.309 e. The molecule has 0 bridgehead atoms. The van der Waals surface area contributed by atoms with Crippen LogP contribution in [0.25, 0.3) is 116 Å². The van der Waals surface area contributed by atoms with Gasteiger partial charge < -0.3 is 13.7 Å². The number of benzene rings is 11. The third-order valence-corrected chi connectivity index (χ3v) is 18.3. The number of para-hydroxylation sites is 5. The Morgan fingerprint density at radius 2 is 0.818 bits per heavy atom. The zero-order valence-electron chi connectivity index (χ0n) is 49.5. The fourth-order valence-electron chi connectivity index (χ4n) is 15.0. The van der Waals surface area contributed by atoms with Gasteiger partial charge in [-0.05, 0) is 153 Å². The first-order valence-electron chi connectivity index (χ1n) is 30.1. The van der Waals surface area contributed by atoms with Crippen molar-refractivity contribution in [1.82, 2.24) is 13.7 Å². The highest BCUT2D eigenvalue weighted by atomic mass is 19.4. The van der Waals surface area contributed by atoms with Crippen LogP contribution in [0.1, 0.15) is 92.8 Å². The van der Waals surface area contributed by atoms with Crippen LogP contribution in [0.2, 0.25) is 0 Å². The summed E-state index contributed by atoms with van der Waals surface area (Å²) in [5.74, 6) is -0.485. The van der Waals surface area contributed by atoms with Gasteiger partial charge >= 0.3 is 12.4 Å². The molecular formula is C79H61F6N3. The molecule has 1 unspecified atom stereocenters. The molecule has 1 aliphatic rings. The lowest BCUT2D eigenvalue weighted by atomic mass is 9.64. The fourth-order valence-corrected chi connectivity index (χ4v) is 15.0. The van der Waals surface area contributed by atoms with Gasteiger partial charge in [0.15, 0.2) is 0 Å². The molecule has 0 radical (unpaired) electrons. The second-order valence-electron chi connectivity index (χ2n) is 25.7. The van der Waals surface area contributed by atoms with E-state index in [9.17, 15) is 0 Å². The molecular weight excluding hydrogens is 1100 g/mol. The Labute approximate surface area is 506 Å². The van der Waals surface area contributed by atoms with Gasteiger partial charge in [-0.3, -0.25) is 0 Å². The van der Waals surface area contributed by atoms with Crippen molar-refractivity contribution in [1.29, 1.82) is 0 Å². The number of aromatic nitrogens is 3. The first-order chi connectivity index (χ1) is 42.3. The molecule has 1 aliphatic carbocycles. The van der Waals surface area contributed by atoms with E-state index in [-0.39, 0.29) is 0 Å². The Bertz CT molecular complexity index is 5040. The number of alkyl halides is 6. The number of hydrogen-bond acceptors (Lipinski definition) is 0. The Hall–Kier alpha value is -9.60. The average Bonchev–Trinajstić information content (AvgIpc) is 1.30. The molecule has 0 aliphatic heterocycles. The van der Waals surface area contributed by atoms with E-state index >= 15 is 26.3 Å². The van der Waals surface area contributed by atoms with Crippen LogP contribution >= 0.6 is 0 Å². The third kappa shape index (κ3) is 8.55. The second-order valence-corrected chi connectivity index (χ2v) is 25.7. The van der Waals surface area contributed by atoms with Crippen LogP contribution in [0.4, 0.5) is 26.3 Å². The molecule has 3 aromatic heterocycles. The lowest BCUT2D eigenvalue weighted by Gasteiger charge is -2.40. The summed E-state index contributed by atoms with van der Waals surface area (Å²) in [6.07, 6.45) is -8.30. The van der Waals surface area contributed by atoms with Crippen molar-refractivity contribution in [2.45, 2.75) is 83.5 Å². The summed E-state index contributed by atoms with van der Waals surface area (Å²) in [6.45, 7) is 12.9. The van der Waals surface area contributed by atoms with Crippen molar-refractivity contribution >= 4 is 65.4 Å². The normalized spacial score (nSPS) is 14.2. The molecule has 0 spiro atoms. The maximum atomic E-state index is 15.8. The summed E-state index contributed by atoms with van der Waals surface area (Å²) < 4.78 is 102. The molecule has 0 saturated heterocycles. The zero-order valence-corrected chi connectivity index (χ0v) is 49.5. The first kappa shape index (κ1) is 55.0. The molecule has 0 fully saturated rings. The van der Waals surface area contributed by atoms with Crippen LogP contribution in [-0.4, -0.2) is 13.7 Å². The van der Waals surface area contributed by atoms with Gasteiger partial charge in [-0.15, -0.1) is 0 Å². The van der Waals surface area contributed by atoms with Crippen LogP contribution < -0.4 is 0 Å². The van der Waals surface area contributed by atoms with Crippen LogP contribution in [0.3, 0.4) is 0 Å². The second kappa shape index (κ2) is 20.0. The minimum atomic E-state index is -4.75. The number of halogens is 6. The predicted molar refractivity (Wildman–Crippen MR) is 350 cm³/mol. The van der Waals surface area contributed by atoms with E-state index in [1.54, 1.807) is 12.1 Å². The van der Waals surface area contributed by atoms with Gasteiger partial charge in [0, 0.05) is 60.7 Å². The van der Waals surface area contributed by atoms with Gasteiger partial charge in [-0.25, -0.2) is 0 Å². The van der Waals surface area contributed by atoms with Crippen LogP contribution in [0, 0.1) is 0 Å². The molecule has 1 atom stereocenters. The molecule has 0 N–H and O–H groups in total. The van der Waals surface area contributed by atoms with Gasteiger partial charge in [0.2, 0.25) is 0 Å². The van der Waals surface area contributed by atoms with Gasteiger partial charge in [0.05, 0.1) is 49.9 Å². The zero-order chi connectivity index (χ0) is 60.8. The van der Waals surface area contributed by atoms with Crippen molar-refractivity contribution in [2.24, 2.45) is 0 Å². The van der Waals surface area contributed by atoms with Crippen molar-refractivity contribution in [3.63, 3.8) is 0 Å². The van der Waals surface area contributed by atoms with E-state index in [1.807, 2.05) is 66.7 Å². The van der Waals surface area contributed by atoms with Crippen LogP contribution in [-0.2, 0) is 29.6 Å². The van der Waals surface area contributed by atoms with E-state index in [2.05, 4.69) is 171 Å². The molecule has 0 saturated carbocycles. The molecule has 434 valence electrons. The van der Waals surface area contributed by atoms with E-state index in [4.69, 9.17) is 0 Å². The van der Waals surface area contributed by atoms with Gasteiger partial charge in [-0.2, -0.15) is 26.3 Å². The summed E-state index contributed by atoms with van der Waals surface area (Å²) in [5.41, 5.74) is 12.9. The molecule has 3 nitrogen and oxygen atoms in total. The topological polar surface area (TPSA) is 14.8 Å². The van der Waals surface area contributed by atoms with E-state index in [1.165, 1.54) is 24.3 Å². The van der Waals surface area contributed by atoms with E-state index in [0.717, 1.165) is 128 Å². The highest BCUT2D eigenvalue weighted by molar-refractivity contribution is 6.27. The highest BCUT2D eigenvalue weighted by Gasteiger charge is 2.43. The number of nitrogens with zero attached hydrogens (tertiary/aromatic N) is 3. The molecule has 3 heterocycles. The summed E-state index contributed by atoms with van der Waals surface area (Å²) in [7, 11) is 0. The molecule has 0 amide bonds. The average molecular weight is 1170 g/mol.